The van der Waals surface area contributed by atoms with Crippen molar-refractivity contribution in [1.82, 2.24) is 4.90 Å². The van der Waals surface area contributed by atoms with Crippen LogP contribution in [0.5, 0.6) is 11.5 Å². The van der Waals surface area contributed by atoms with Gasteiger partial charge in [0.25, 0.3) is 0 Å². The number of hydrogen-bond donors (Lipinski definition) is 0. The second-order valence-electron chi connectivity index (χ2n) is 6.65. The smallest absolute Gasteiger partial charge is 0.315 e. The molecule has 1 fully saturated rings. The molecule has 1 aromatic rings. The topological polar surface area (TPSA) is 81.9 Å². The lowest BCUT2D eigenvalue weighted by atomic mass is 9.99. The molecular formula is C20H28N2O5. The number of methoxy groups -OCH3 is 1. The lowest BCUT2D eigenvalue weighted by molar-refractivity contribution is -0.386. The number of unbranched alkanes of at least 4 members (excludes halogenated alkanes) is 1. The van der Waals surface area contributed by atoms with Crippen molar-refractivity contribution in [2.45, 2.75) is 39.5 Å². The zero-order valence-electron chi connectivity index (χ0n) is 16.3. The predicted molar refractivity (Wildman–Crippen MR) is 104 cm³/mol. The Kier molecular flexibility index (Phi) is 7.79. The largest absolute Gasteiger partial charge is 0.493 e. The van der Waals surface area contributed by atoms with Crippen LogP contribution in [-0.4, -0.2) is 49.0 Å². The molecule has 0 radical (unpaired) electrons. The number of carbonyl (C=O) groups is 1. The highest BCUT2D eigenvalue weighted by Crippen LogP contribution is 2.39. The van der Waals surface area contributed by atoms with Gasteiger partial charge in [-0.1, -0.05) is 20.3 Å². The van der Waals surface area contributed by atoms with Crippen molar-refractivity contribution in [3.63, 3.8) is 0 Å². The lowest BCUT2D eigenvalue weighted by Crippen LogP contribution is -2.36. The standard InChI is InChI=1S/C20H28N2O5/c1-4-6-10-27-20-17(22(24)25)12-15(13-19(20)26-3)11-16-14-21(8-5-2)9-7-18(16)23/h11-13H,4-10,14H2,1-3H3/b16-11+. The Morgan fingerprint density at radius 3 is 2.70 bits per heavy atom. The highest BCUT2D eigenvalue weighted by atomic mass is 16.6. The summed E-state index contributed by atoms with van der Waals surface area (Å²) < 4.78 is 10.9. The molecule has 1 heterocycles. The number of nitrogens with zero attached hydrogens (tertiary/aromatic N) is 2. The first kappa shape index (κ1) is 20.9. The van der Waals surface area contributed by atoms with Crippen LogP contribution in [-0.2, 0) is 4.79 Å². The van der Waals surface area contributed by atoms with Crippen LogP contribution in [0, 0.1) is 10.1 Å². The van der Waals surface area contributed by atoms with Gasteiger partial charge in [0.1, 0.15) is 0 Å². The molecule has 0 aromatic heterocycles. The first-order valence-electron chi connectivity index (χ1n) is 9.45. The average molecular weight is 376 g/mol. The van der Waals surface area contributed by atoms with Gasteiger partial charge in [-0.2, -0.15) is 0 Å². The van der Waals surface area contributed by atoms with Crippen molar-refractivity contribution in [3.8, 4) is 11.5 Å². The summed E-state index contributed by atoms with van der Waals surface area (Å²) >= 11 is 0. The van der Waals surface area contributed by atoms with E-state index in [1.165, 1.54) is 13.2 Å². The number of hydrogen-bond acceptors (Lipinski definition) is 6. The van der Waals surface area contributed by atoms with Gasteiger partial charge >= 0.3 is 5.69 Å². The highest BCUT2D eigenvalue weighted by molar-refractivity contribution is 6.00. The van der Waals surface area contributed by atoms with Crippen LogP contribution >= 0.6 is 0 Å². The summed E-state index contributed by atoms with van der Waals surface area (Å²) in [4.78, 5) is 25.6. The molecule has 0 saturated carbocycles. The van der Waals surface area contributed by atoms with Gasteiger partial charge in [0.05, 0.1) is 18.6 Å². The zero-order valence-corrected chi connectivity index (χ0v) is 16.3. The van der Waals surface area contributed by atoms with Crippen LogP contribution in [0.1, 0.15) is 45.1 Å². The fourth-order valence-electron chi connectivity index (χ4n) is 3.11. The molecule has 2 rings (SSSR count). The Labute approximate surface area is 160 Å². The Bertz CT molecular complexity index is 715. The van der Waals surface area contributed by atoms with E-state index in [4.69, 9.17) is 9.47 Å². The number of Topliss-reactive ketones (excluding diaryl/α,β-unsaturated/α-hetero) is 1. The van der Waals surface area contributed by atoms with Crippen LogP contribution in [0.25, 0.3) is 6.08 Å². The maximum atomic E-state index is 12.3. The molecule has 1 aliphatic rings. The minimum Gasteiger partial charge on any atom is -0.493 e. The molecule has 0 bridgehead atoms. The average Bonchev–Trinajstić information content (AvgIpc) is 2.65. The van der Waals surface area contributed by atoms with Crippen LogP contribution in [0.3, 0.4) is 0 Å². The molecule has 0 aliphatic carbocycles. The summed E-state index contributed by atoms with van der Waals surface area (Å²) in [7, 11) is 1.46. The first-order chi connectivity index (χ1) is 13.0. The second-order valence-corrected chi connectivity index (χ2v) is 6.65. The minimum absolute atomic E-state index is 0.0900. The van der Waals surface area contributed by atoms with Crippen molar-refractivity contribution < 1.29 is 19.2 Å². The molecule has 1 aliphatic heterocycles. The summed E-state index contributed by atoms with van der Waals surface area (Å²) in [6, 6.07) is 3.14. The number of nitro groups is 1. The number of likely N-dealkylation sites (tertiary alicyclic amines) is 1. The summed E-state index contributed by atoms with van der Waals surface area (Å²) in [6.45, 7) is 6.77. The van der Waals surface area contributed by atoms with Gasteiger partial charge in [-0.3, -0.25) is 19.8 Å². The van der Waals surface area contributed by atoms with Crippen LogP contribution in [0.2, 0.25) is 0 Å². The van der Waals surface area contributed by atoms with Gasteiger partial charge in [0.2, 0.25) is 5.75 Å². The fraction of sp³-hybridized carbons (Fsp3) is 0.550. The van der Waals surface area contributed by atoms with E-state index in [1.54, 1.807) is 12.1 Å². The number of piperidine rings is 1. The molecule has 7 nitrogen and oxygen atoms in total. The molecule has 0 atom stereocenters. The predicted octanol–water partition coefficient (Wildman–Crippen LogP) is 3.85. The molecule has 0 spiro atoms. The maximum absolute atomic E-state index is 12.3. The molecular weight excluding hydrogens is 348 g/mol. The van der Waals surface area contributed by atoms with E-state index in [2.05, 4.69) is 11.8 Å². The van der Waals surface area contributed by atoms with Crippen molar-refractivity contribution in [2.75, 3.05) is 33.4 Å². The summed E-state index contributed by atoms with van der Waals surface area (Å²) in [6.07, 6.45) is 4.95. The number of ketones is 1. The Hall–Kier alpha value is -2.41. The minimum atomic E-state index is -0.474. The first-order valence-corrected chi connectivity index (χ1v) is 9.45. The van der Waals surface area contributed by atoms with Gasteiger partial charge in [0, 0.05) is 31.1 Å². The van der Waals surface area contributed by atoms with Crippen LogP contribution < -0.4 is 9.47 Å². The summed E-state index contributed by atoms with van der Waals surface area (Å²) in [5, 5.41) is 11.5. The monoisotopic (exact) mass is 376 g/mol. The molecule has 0 unspecified atom stereocenters. The highest BCUT2D eigenvalue weighted by Gasteiger charge is 2.24. The van der Waals surface area contributed by atoms with E-state index < -0.39 is 4.92 Å². The number of ether oxygens (including phenoxy) is 2. The summed E-state index contributed by atoms with van der Waals surface area (Å²) in [5.41, 5.74) is 1.10. The third-order valence-corrected chi connectivity index (χ3v) is 4.51. The normalized spacial score (nSPS) is 16.6. The van der Waals surface area contributed by atoms with E-state index in [1.807, 2.05) is 6.92 Å². The van der Waals surface area contributed by atoms with Gasteiger partial charge in [0.15, 0.2) is 11.5 Å². The van der Waals surface area contributed by atoms with Crippen LogP contribution in [0.4, 0.5) is 5.69 Å². The van der Waals surface area contributed by atoms with Crippen molar-refractivity contribution >= 4 is 17.5 Å². The molecule has 27 heavy (non-hydrogen) atoms. The van der Waals surface area contributed by atoms with E-state index in [-0.39, 0.29) is 17.2 Å². The quantitative estimate of drug-likeness (QED) is 0.282. The number of rotatable bonds is 9. The molecule has 148 valence electrons. The second kappa shape index (κ2) is 10.1. The van der Waals surface area contributed by atoms with E-state index >= 15 is 0 Å². The lowest BCUT2D eigenvalue weighted by Gasteiger charge is -2.27. The molecule has 0 amide bonds. The SMILES string of the molecule is CCCCOc1c(OC)cc(/C=C2\CN(CCC)CCC2=O)cc1[N+](=O)[O-]. The Morgan fingerprint density at radius 2 is 2.07 bits per heavy atom. The summed E-state index contributed by atoms with van der Waals surface area (Å²) in [5.74, 6) is 0.536. The number of carbonyl (C=O) groups excluding carboxylic acids is 1. The van der Waals surface area contributed by atoms with Gasteiger partial charge in [-0.05, 0) is 37.1 Å². The third-order valence-electron chi connectivity index (χ3n) is 4.51. The van der Waals surface area contributed by atoms with E-state index in [9.17, 15) is 14.9 Å². The van der Waals surface area contributed by atoms with E-state index in [0.717, 1.165) is 32.4 Å². The van der Waals surface area contributed by atoms with Crippen molar-refractivity contribution in [3.05, 3.63) is 33.4 Å². The zero-order chi connectivity index (χ0) is 19.8. The van der Waals surface area contributed by atoms with E-state index in [0.29, 0.717) is 36.5 Å². The van der Waals surface area contributed by atoms with Gasteiger partial charge in [-0.15, -0.1) is 0 Å². The van der Waals surface area contributed by atoms with Crippen LogP contribution in [0.15, 0.2) is 17.7 Å². The molecule has 0 N–H and O–H groups in total. The number of benzene rings is 1. The van der Waals surface area contributed by atoms with Gasteiger partial charge in [-0.25, -0.2) is 0 Å². The number of nitro benzene ring substituents is 1. The van der Waals surface area contributed by atoms with Crippen molar-refractivity contribution in [1.29, 1.82) is 0 Å². The molecule has 1 saturated heterocycles. The third kappa shape index (κ3) is 5.53. The Morgan fingerprint density at radius 1 is 1.30 bits per heavy atom. The maximum Gasteiger partial charge on any atom is 0.315 e. The van der Waals surface area contributed by atoms with Crippen molar-refractivity contribution in [2.24, 2.45) is 0 Å². The molecule has 7 heteroatoms. The molecule has 1 aromatic carbocycles. The Balaban J connectivity index is 2.37. The fourth-order valence-corrected chi connectivity index (χ4v) is 3.11. The van der Waals surface area contributed by atoms with Gasteiger partial charge < -0.3 is 9.47 Å².